The average molecular weight is 291 g/mol. The standard InChI is InChI=1S/C11H9N5O3S/c1-18-11(17)9-12-6-16(14-9)5-8-13-10(19-15-8)7-3-2-4-20-7/h2-4,6H,5H2,1H3. The van der Waals surface area contributed by atoms with Gasteiger partial charge in [-0.2, -0.15) is 4.98 Å². The number of carbonyl (C=O) groups excluding carboxylic acids is 1. The number of ether oxygens (including phenoxy) is 1. The lowest BCUT2D eigenvalue weighted by molar-refractivity contribution is 0.0586. The highest BCUT2D eigenvalue weighted by Gasteiger charge is 2.14. The molecule has 0 saturated carbocycles. The minimum Gasteiger partial charge on any atom is -0.463 e. The van der Waals surface area contributed by atoms with Crippen LogP contribution in [-0.2, 0) is 11.3 Å². The molecule has 0 unspecified atom stereocenters. The first-order valence-corrected chi connectivity index (χ1v) is 6.48. The Bertz CT molecular complexity index is 718. The maximum absolute atomic E-state index is 11.2. The minimum absolute atomic E-state index is 0.00512. The molecule has 0 aliphatic heterocycles. The molecule has 3 rings (SSSR count). The summed E-state index contributed by atoms with van der Waals surface area (Å²) in [5, 5.41) is 9.75. The third kappa shape index (κ3) is 2.43. The van der Waals surface area contributed by atoms with Crippen LogP contribution in [0.5, 0.6) is 0 Å². The van der Waals surface area contributed by atoms with Crippen molar-refractivity contribution in [3.8, 4) is 10.8 Å². The molecule has 3 aromatic heterocycles. The largest absolute Gasteiger partial charge is 0.463 e. The molecule has 0 fully saturated rings. The normalized spacial score (nSPS) is 10.7. The predicted octanol–water partition coefficient (Wildman–Crippen LogP) is 1.22. The molecule has 0 aliphatic carbocycles. The second kappa shape index (κ2) is 5.21. The van der Waals surface area contributed by atoms with Gasteiger partial charge in [-0.3, -0.25) is 0 Å². The van der Waals surface area contributed by atoms with Gasteiger partial charge in [-0.15, -0.1) is 16.4 Å². The summed E-state index contributed by atoms with van der Waals surface area (Å²) in [6.07, 6.45) is 1.41. The predicted molar refractivity (Wildman–Crippen MR) is 68.1 cm³/mol. The lowest BCUT2D eigenvalue weighted by atomic mass is 10.5. The Morgan fingerprint density at radius 3 is 3.20 bits per heavy atom. The highest BCUT2D eigenvalue weighted by Crippen LogP contribution is 2.22. The summed E-state index contributed by atoms with van der Waals surface area (Å²) in [6.45, 7) is 0.263. The van der Waals surface area contributed by atoms with Gasteiger partial charge >= 0.3 is 5.97 Å². The minimum atomic E-state index is -0.587. The van der Waals surface area contributed by atoms with E-state index in [0.29, 0.717) is 11.7 Å². The van der Waals surface area contributed by atoms with Crippen LogP contribution in [0, 0.1) is 0 Å². The number of aromatic nitrogens is 5. The molecule has 0 aliphatic rings. The second-order valence-electron chi connectivity index (χ2n) is 3.75. The Morgan fingerprint density at radius 2 is 2.45 bits per heavy atom. The van der Waals surface area contributed by atoms with Crippen molar-refractivity contribution in [2.45, 2.75) is 6.54 Å². The SMILES string of the molecule is COC(=O)c1ncn(Cc2noc(-c3cccs3)n2)n1. The molecule has 0 atom stereocenters. The Balaban J connectivity index is 1.75. The van der Waals surface area contributed by atoms with Crippen LogP contribution in [0.3, 0.4) is 0 Å². The van der Waals surface area contributed by atoms with Gasteiger partial charge in [0.15, 0.2) is 5.82 Å². The number of thiophene rings is 1. The number of methoxy groups -OCH3 is 1. The first-order chi connectivity index (χ1) is 9.76. The highest BCUT2D eigenvalue weighted by molar-refractivity contribution is 7.13. The Hall–Kier alpha value is -2.55. The Labute approximate surface area is 117 Å². The number of nitrogens with zero attached hydrogens (tertiary/aromatic N) is 5. The number of hydrogen-bond donors (Lipinski definition) is 0. The molecule has 0 bridgehead atoms. The molecule has 8 nitrogen and oxygen atoms in total. The first-order valence-electron chi connectivity index (χ1n) is 5.60. The van der Waals surface area contributed by atoms with Gasteiger partial charge in [-0.1, -0.05) is 11.2 Å². The lowest BCUT2D eigenvalue weighted by Gasteiger charge is -1.93. The van der Waals surface area contributed by atoms with Crippen molar-refractivity contribution in [3.05, 3.63) is 35.5 Å². The molecule has 0 radical (unpaired) electrons. The third-order valence-electron chi connectivity index (χ3n) is 2.41. The van der Waals surface area contributed by atoms with Crippen LogP contribution < -0.4 is 0 Å². The van der Waals surface area contributed by atoms with Crippen LogP contribution in [-0.4, -0.2) is 38.0 Å². The Kier molecular flexibility index (Phi) is 3.25. The van der Waals surface area contributed by atoms with Crippen molar-refractivity contribution >= 4 is 17.3 Å². The quantitative estimate of drug-likeness (QED) is 0.667. The third-order valence-corrected chi connectivity index (χ3v) is 3.27. The molecule has 20 heavy (non-hydrogen) atoms. The summed E-state index contributed by atoms with van der Waals surface area (Å²) >= 11 is 1.51. The summed E-state index contributed by atoms with van der Waals surface area (Å²) in [4.78, 5) is 20.2. The zero-order chi connectivity index (χ0) is 13.9. The van der Waals surface area contributed by atoms with Crippen molar-refractivity contribution in [3.63, 3.8) is 0 Å². The summed E-state index contributed by atoms with van der Waals surface area (Å²) in [6, 6.07) is 3.80. The summed E-state index contributed by atoms with van der Waals surface area (Å²) in [7, 11) is 1.27. The van der Waals surface area contributed by atoms with E-state index in [1.54, 1.807) is 0 Å². The molecule has 0 N–H and O–H groups in total. The van der Waals surface area contributed by atoms with Crippen LogP contribution in [0.25, 0.3) is 10.8 Å². The van der Waals surface area contributed by atoms with E-state index in [-0.39, 0.29) is 12.4 Å². The number of carbonyl (C=O) groups is 1. The van der Waals surface area contributed by atoms with E-state index in [1.807, 2.05) is 17.5 Å². The Morgan fingerprint density at radius 1 is 1.55 bits per heavy atom. The van der Waals surface area contributed by atoms with Gasteiger partial charge in [0, 0.05) is 0 Å². The topological polar surface area (TPSA) is 95.9 Å². The highest BCUT2D eigenvalue weighted by atomic mass is 32.1. The van der Waals surface area contributed by atoms with Crippen LogP contribution in [0.2, 0.25) is 0 Å². The molecule has 102 valence electrons. The van der Waals surface area contributed by atoms with Gasteiger partial charge < -0.3 is 9.26 Å². The van der Waals surface area contributed by atoms with Gasteiger partial charge in [0.05, 0.1) is 12.0 Å². The molecule has 0 amide bonds. The van der Waals surface area contributed by atoms with Gasteiger partial charge in [-0.05, 0) is 11.4 Å². The van der Waals surface area contributed by atoms with Gasteiger partial charge in [0.25, 0.3) is 11.7 Å². The summed E-state index contributed by atoms with van der Waals surface area (Å²) in [5.74, 6) is 0.323. The van der Waals surface area contributed by atoms with Crippen molar-refractivity contribution < 1.29 is 14.1 Å². The fourth-order valence-corrected chi connectivity index (χ4v) is 2.16. The molecule has 0 aromatic carbocycles. The fourth-order valence-electron chi connectivity index (χ4n) is 1.52. The van der Waals surface area contributed by atoms with Crippen molar-refractivity contribution in [1.82, 2.24) is 24.9 Å². The molecule has 9 heteroatoms. The van der Waals surface area contributed by atoms with Crippen molar-refractivity contribution in [2.75, 3.05) is 7.11 Å². The van der Waals surface area contributed by atoms with Crippen molar-refractivity contribution in [2.24, 2.45) is 0 Å². The van der Waals surface area contributed by atoms with Gasteiger partial charge in [0.2, 0.25) is 0 Å². The van der Waals surface area contributed by atoms with Crippen LogP contribution in [0.15, 0.2) is 28.4 Å². The van der Waals surface area contributed by atoms with E-state index >= 15 is 0 Å². The number of rotatable bonds is 4. The zero-order valence-electron chi connectivity index (χ0n) is 10.4. The van der Waals surface area contributed by atoms with Gasteiger partial charge in [0.1, 0.15) is 12.9 Å². The molecule has 0 saturated heterocycles. The van der Waals surface area contributed by atoms with E-state index in [9.17, 15) is 4.79 Å². The van der Waals surface area contributed by atoms with E-state index in [2.05, 4.69) is 25.0 Å². The van der Waals surface area contributed by atoms with Crippen LogP contribution in [0.1, 0.15) is 16.4 Å². The maximum Gasteiger partial charge on any atom is 0.377 e. The molecular weight excluding hydrogens is 282 g/mol. The monoisotopic (exact) mass is 291 g/mol. The van der Waals surface area contributed by atoms with E-state index in [1.165, 1.54) is 29.5 Å². The maximum atomic E-state index is 11.2. The van der Waals surface area contributed by atoms with Crippen LogP contribution >= 0.6 is 11.3 Å². The van der Waals surface area contributed by atoms with E-state index < -0.39 is 5.97 Å². The smallest absolute Gasteiger partial charge is 0.377 e. The lowest BCUT2D eigenvalue weighted by Crippen LogP contribution is -2.07. The summed E-state index contributed by atoms with van der Waals surface area (Å²) < 4.78 is 11.1. The first kappa shape index (κ1) is 12.5. The fraction of sp³-hybridized carbons (Fsp3) is 0.182. The number of hydrogen-bond acceptors (Lipinski definition) is 8. The molecule has 0 spiro atoms. The average Bonchev–Trinajstić information content (AvgIpc) is 3.19. The van der Waals surface area contributed by atoms with Crippen LogP contribution in [0.4, 0.5) is 0 Å². The summed E-state index contributed by atoms with van der Waals surface area (Å²) in [5.41, 5.74) is 0. The zero-order valence-corrected chi connectivity index (χ0v) is 11.2. The van der Waals surface area contributed by atoms with Gasteiger partial charge in [-0.25, -0.2) is 14.5 Å². The van der Waals surface area contributed by atoms with E-state index in [0.717, 1.165) is 4.88 Å². The number of esters is 1. The second-order valence-corrected chi connectivity index (χ2v) is 4.70. The molecule has 3 aromatic rings. The molecule has 3 heterocycles. The van der Waals surface area contributed by atoms with Crippen molar-refractivity contribution in [1.29, 1.82) is 0 Å². The van der Waals surface area contributed by atoms with E-state index in [4.69, 9.17) is 4.52 Å². The molecular formula is C11H9N5O3S.